The Labute approximate surface area is 111 Å². The Morgan fingerprint density at radius 3 is 2.58 bits per heavy atom. The van der Waals surface area contributed by atoms with Gasteiger partial charge in [0.15, 0.2) is 0 Å². The van der Waals surface area contributed by atoms with Gasteiger partial charge in [-0.05, 0) is 23.4 Å². The van der Waals surface area contributed by atoms with Gasteiger partial charge in [-0.1, -0.05) is 6.07 Å². The predicted octanol–water partition coefficient (Wildman–Crippen LogP) is 2.42. The third kappa shape index (κ3) is 3.62. The predicted molar refractivity (Wildman–Crippen MR) is 62.3 cm³/mol. The van der Waals surface area contributed by atoms with E-state index in [1.807, 2.05) is 0 Å². The summed E-state index contributed by atoms with van der Waals surface area (Å²) in [6, 6.07) is 4.16. The van der Waals surface area contributed by atoms with E-state index < -0.39 is 28.1 Å². The average molecular weight is 290 g/mol. The van der Waals surface area contributed by atoms with Crippen molar-refractivity contribution in [3.05, 3.63) is 28.8 Å². The molecule has 4 nitrogen and oxygen atoms in total. The van der Waals surface area contributed by atoms with Crippen molar-refractivity contribution in [2.75, 3.05) is 7.11 Å². The highest BCUT2D eigenvalue weighted by Gasteiger charge is 2.34. The van der Waals surface area contributed by atoms with Gasteiger partial charge in [-0.25, -0.2) is 4.79 Å². The van der Waals surface area contributed by atoms with E-state index in [4.69, 9.17) is 11.0 Å². The van der Waals surface area contributed by atoms with Crippen molar-refractivity contribution in [3.8, 4) is 6.07 Å². The maximum Gasteiger partial charge on any atom is 0.446 e. The Morgan fingerprint density at radius 1 is 1.53 bits per heavy atom. The fourth-order valence-corrected chi connectivity index (χ4v) is 2.20. The van der Waals surface area contributed by atoms with Crippen LogP contribution in [0.5, 0.6) is 0 Å². The van der Waals surface area contributed by atoms with Gasteiger partial charge in [0, 0.05) is 11.4 Å². The van der Waals surface area contributed by atoms with Crippen LogP contribution in [0.1, 0.15) is 21.5 Å². The first-order valence-corrected chi connectivity index (χ1v) is 5.75. The van der Waals surface area contributed by atoms with Crippen LogP contribution in [0.15, 0.2) is 17.0 Å². The summed E-state index contributed by atoms with van der Waals surface area (Å²) in [5.41, 5.74) is 0.391. The van der Waals surface area contributed by atoms with Crippen LogP contribution in [-0.4, -0.2) is 18.6 Å². The summed E-state index contributed by atoms with van der Waals surface area (Å²) in [5.74, 6) is -0.954. The van der Waals surface area contributed by atoms with E-state index in [9.17, 15) is 18.0 Å². The van der Waals surface area contributed by atoms with Crippen LogP contribution >= 0.6 is 11.8 Å². The van der Waals surface area contributed by atoms with Gasteiger partial charge in [-0.3, -0.25) is 0 Å². The molecule has 8 heteroatoms. The summed E-state index contributed by atoms with van der Waals surface area (Å²) in [6.07, 6.45) is 0. The molecule has 0 spiro atoms. The molecule has 0 aliphatic heterocycles. The number of nitrogens with zero attached hydrogens (tertiary/aromatic N) is 1. The number of methoxy groups -OCH3 is 1. The van der Waals surface area contributed by atoms with E-state index in [1.54, 1.807) is 6.07 Å². The molecule has 0 aromatic heterocycles. The molecule has 2 N–H and O–H groups in total. The van der Waals surface area contributed by atoms with Gasteiger partial charge in [0.05, 0.1) is 18.2 Å². The number of carbonyl (C=O) groups is 1. The first-order chi connectivity index (χ1) is 8.84. The van der Waals surface area contributed by atoms with Crippen molar-refractivity contribution < 1.29 is 22.7 Å². The molecule has 19 heavy (non-hydrogen) atoms. The molecule has 0 heterocycles. The lowest BCUT2D eigenvalue weighted by Gasteiger charge is -2.14. The van der Waals surface area contributed by atoms with Crippen LogP contribution in [0.4, 0.5) is 13.2 Å². The minimum absolute atomic E-state index is 0.137. The second kappa shape index (κ2) is 5.95. The Hall–Kier alpha value is -1.72. The number of ether oxygens (including phenoxy) is 1. The maximum atomic E-state index is 12.5. The molecule has 102 valence electrons. The molecule has 0 aliphatic rings. The summed E-state index contributed by atoms with van der Waals surface area (Å²) in [7, 11) is 1.05. The van der Waals surface area contributed by atoms with Crippen LogP contribution in [0.2, 0.25) is 0 Å². The van der Waals surface area contributed by atoms with Crippen LogP contribution in [0.3, 0.4) is 0 Å². The minimum atomic E-state index is -4.62. The molecule has 0 aliphatic carbocycles. The standard InChI is InChI=1S/C11H9F3N2O2S/c1-18-10(17)8-6(4-15)2-3-7(5-16)9(8)19-11(12,13)14/h2-3H,4,15H2,1H3. The Kier molecular flexibility index (Phi) is 4.80. The van der Waals surface area contributed by atoms with Gasteiger partial charge in [0.2, 0.25) is 0 Å². The van der Waals surface area contributed by atoms with Crippen molar-refractivity contribution in [1.82, 2.24) is 0 Å². The molecule has 1 aromatic carbocycles. The lowest BCUT2D eigenvalue weighted by molar-refractivity contribution is -0.0328. The minimum Gasteiger partial charge on any atom is -0.465 e. The summed E-state index contributed by atoms with van der Waals surface area (Å²) in [5, 5.41) is 8.84. The monoisotopic (exact) mass is 290 g/mol. The average Bonchev–Trinajstić information content (AvgIpc) is 2.35. The van der Waals surface area contributed by atoms with Crippen LogP contribution in [0, 0.1) is 11.3 Å². The van der Waals surface area contributed by atoms with Crippen LogP contribution in [-0.2, 0) is 11.3 Å². The molecule has 0 saturated carbocycles. The normalized spacial score (nSPS) is 10.9. The van der Waals surface area contributed by atoms with E-state index in [-0.39, 0.29) is 23.2 Å². The lowest BCUT2D eigenvalue weighted by Crippen LogP contribution is -2.13. The van der Waals surface area contributed by atoms with Gasteiger partial charge in [-0.15, -0.1) is 0 Å². The van der Waals surface area contributed by atoms with Gasteiger partial charge < -0.3 is 10.5 Å². The quantitative estimate of drug-likeness (QED) is 0.683. The summed E-state index contributed by atoms with van der Waals surface area (Å²) in [4.78, 5) is 11.1. The lowest BCUT2D eigenvalue weighted by atomic mass is 10.0. The highest BCUT2D eigenvalue weighted by atomic mass is 32.2. The third-order valence-corrected chi connectivity index (χ3v) is 3.05. The number of rotatable bonds is 3. The molecule has 0 amide bonds. The molecule has 1 rings (SSSR count). The highest BCUT2D eigenvalue weighted by molar-refractivity contribution is 8.00. The van der Waals surface area contributed by atoms with E-state index in [1.165, 1.54) is 12.1 Å². The molecule has 0 fully saturated rings. The number of nitrogens with two attached hydrogens (primary N) is 1. The second-order valence-electron chi connectivity index (χ2n) is 3.33. The maximum absolute atomic E-state index is 12.5. The molecular weight excluding hydrogens is 281 g/mol. The summed E-state index contributed by atoms with van der Waals surface area (Å²) < 4.78 is 42.0. The van der Waals surface area contributed by atoms with Gasteiger partial charge in [0.25, 0.3) is 0 Å². The number of hydrogen-bond donors (Lipinski definition) is 1. The highest BCUT2D eigenvalue weighted by Crippen LogP contribution is 2.41. The first kappa shape index (κ1) is 15.3. The molecule has 0 radical (unpaired) electrons. The Morgan fingerprint density at radius 2 is 2.16 bits per heavy atom. The number of benzene rings is 1. The molecular formula is C11H9F3N2O2S. The van der Waals surface area contributed by atoms with Crippen LogP contribution < -0.4 is 5.73 Å². The zero-order valence-electron chi connectivity index (χ0n) is 9.75. The Balaban J connectivity index is 3.53. The topological polar surface area (TPSA) is 76.1 Å². The van der Waals surface area contributed by atoms with Crippen molar-refractivity contribution in [3.63, 3.8) is 0 Å². The zero-order chi connectivity index (χ0) is 14.6. The van der Waals surface area contributed by atoms with Crippen molar-refractivity contribution in [1.29, 1.82) is 5.26 Å². The summed E-state index contributed by atoms with van der Waals surface area (Å²) in [6.45, 7) is -0.137. The van der Waals surface area contributed by atoms with E-state index >= 15 is 0 Å². The number of halogens is 3. The SMILES string of the molecule is COC(=O)c1c(CN)ccc(C#N)c1SC(F)(F)F. The van der Waals surface area contributed by atoms with Crippen molar-refractivity contribution >= 4 is 17.7 Å². The fourth-order valence-electron chi connectivity index (χ4n) is 1.43. The molecule has 0 bridgehead atoms. The van der Waals surface area contributed by atoms with Gasteiger partial charge in [-0.2, -0.15) is 18.4 Å². The molecule has 0 unspecified atom stereocenters. The molecule has 0 saturated heterocycles. The summed E-state index contributed by atoms with van der Waals surface area (Å²) >= 11 is -0.527. The van der Waals surface area contributed by atoms with E-state index in [2.05, 4.69) is 4.74 Å². The largest absolute Gasteiger partial charge is 0.465 e. The zero-order valence-corrected chi connectivity index (χ0v) is 10.6. The van der Waals surface area contributed by atoms with Crippen molar-refractivity contribution in [2.45, 2.75) is 16.9 Å². The number of alkyl halides is 3. The Bertz CT molecular complexity index is 538. The van der Waals surface area contributed by atoms with Gasteiger partial charge >= 0.3 is 11.5 Å². The first-order valence-electron chi connectivity index (χ1n) is 4.94. The second-order valence-corrected chi connectivity index (χ2v) is 4.41. The number of carbonyl (C=O) groups excluding carboxylic acids is 1. The number of hydrogen-bond acceptors (Lipinski definition) is 5. The molecule has 1 aromatic rings. The van der Waals surface area contributed by atoms with E-state index in [0.717, 1.165) is 7.11 Å². The van der Waals surface area contributed by atoms with Crippen molar-refractivity contribution in [2.24, 2.45) is 5.73 Å². The van der Waals surface area contributed by atoms with E-state index in [0.29, 0.717) is 0 Å². The number of thioether (sulfide) groups is 1. The third-order valence-electron chi connectivity index (χ3n) is 2.19. The smallest absolute Gasteiger partial charge is 0.446 e. The fraction of sp³-hybridized carbons (Fsp3) is 0.273. The number of nitriles is 1. The molecule has 0 atom stereocenters. The number of esters is 1. The van der Waals surface area contributed by atoms with Gasteiger partial charge in [0.1, 0.15) is 6.07 Å². The van der Waals surface area contributed by atoms with Crippen LogP contribution in [0.25, 0.3) is 0 Å².